The number of thioether (sulfide) groups is 1. The van der Waals surface area contributed by atoms with E-state index in [4.69, 9.17) is 9.47 Å². The Morgan fingerprint density at radius 2 is 1.83 bits per heavy atom. The molecule has 10 heteroatoms. The van der Waals surface area contributed by atoms with Gasteiger partial charge in [-0.2, -0.15) is 0 Å². The van der Waals surface area contributed by atoms with Crippen LogP contribution in [0.3, 0.4) is 0 Å². The molecule has 0 spiro atoms. The van der Waals surface area contributed by atoms with Crippen LogP contribution in [-0.4, -0.2) is 22.6 Å². The van der Waals surface area contributed by atoms with E-state index in [-0.39, 0.29) is 18.2 Å². The molecule has 3 aromatic carbocycles. The minimum atomic E-state index is -0.436. The van der Waals surface area contributed by atoms with Crippen molar-refractivity contribution in [1.29, 1.82) is 0 Å². The largest absolute Gasteiger partial charge is 0.490 e. The van der Waals surface area contributed by atoms with Crippen molar-refractivity contribution < 1.29 is 19.2 Å². The zero-order chi connectivity index (χ0) is 25.7. The highest BCUT2D eigenvalue weighted by atomic mass is 127. The first kappa shape index (κ1) is 25.7. The van der Waals surface area contributed by atoms with Crippen LogP contribution in [0.25, 0.3) is 6.08 Å². The number of rotatable bonds is 8. The average molecular weight is 615 g/mol. The zero-order valence-electron chi connectivity index (χ0n) is 19.5. The molecule has 1 amide bonds. The maximum atomic E-state index is 12.5. The molecule has 1 aliphatic rings. The summed E-state index contributed by atoms with van der Waals surface area (Å²) in [4.78, 5) is 28.0. The molecule has 4 rings (SSSR count). The van der Waals surface area contributed by atoms with Crippen molar-refractivity contribution in [2.24, 2.45) is 4.99 Å². The predicted molar refractivity (Wildman–Crippen MR) is 150 cm³/mol. The number of halogens is 1. The number of nitro groups is 1. The third kappa shape index (κ3) is 6.43. The number of carbonyl (C=O) groups is 1. The van der Waals surface area contributed by atoms with Gasteiger partial charge in [-0.3, -0.25) is 14.9 Å². The summed E-state index contributed by atoms with van der Waals surface area (Å²) in [5, 5.41) is 14.2. The molecule has 0 atom stereocenters. The molecule has 1 heterocycles. The fourth-order valence-electron chi connectivity index (χ4n) is 3.31. The lowest BCUT2D eigenvalue weighted by atomic mass is 10.1. The second-order valence-electron chi connectivity index (χ2n) is 7.79. The van der Waals surface area contributed by atoms with Crippen LogP contribution in [0, 0.1) is 20.6 Å². The van der Waals surface area contributed by atoms with Gasteiger partial charge in [0.2, 0.25) is 0 Å². The fourth-order valence-corrected chi connectivity index (χ4v) is 4.94. The minimum Gasteiger partial charge on any atom is -0.490 e. The normalized spacial score (nSPS) is 15.2. The highest BCUT2D eigenvalue weighted by Crippen LogP contribution is 2.37. The molecule has 1 saturated heterocycles. The van der Waals surface area contributed by atoms with Crippen molar-refractivity contribution in [2.75, 3.05) is 6.61 Å². The van der Waals surface area contributed by atoms with Crippen molar-refractivity contribution in [1.82, 2.24) is 5.32 Å². The molecule has 0 saturated carbocycles. The standard InChI is InChI=1S/C26H22IN3O5S/c1-3-34-22-13-18(12-21(27)24(22)35-15-17-6-10-20(11-7-17)30(32)33)14-23-25(31)29-26(36-23)28-19-8-4-16(2)5-9-19/h4-14H,3,15H2,1-2H3,(H,28,29,31)/b23-14-. The number of nitrogens with zero attached hydrogens (tertiary/aromatic N) is 2. The van der Waals surface area contributed by atoms with E-state index in [9.17, 15) is 14.9 Å². The van der Waals surface area contributed by atoms with Gasteiger partial charge >= 0.3 is 0 Å². The van der Waals surface area contributed by atoms with Gasteiger partial charge in [0.1, 0.15) is 6.61 Å². The predicted octanol–water partition coefficient (Wildman–Crippen LogP) is 6.38. The van der Waals surface area contributed by atoms with E-state index in [1.54, 1.807) is 18.2 Å². The second kappa shape index (κ2) is 11.6. The number of aryl methyl sites for hydroxylation is 1. The molecule has 0 aromatic heterocycles. The number of carbonyl (C=O) groups excluding carboxylic acids is 1. The number of nitro benzene ring substituents is 1. The van der Waals surface area contributed by atoms with Crippen LogP contribution < -0.4 is 14.8 Å². The molecular formula is C26H22IN3O5S. The number of hydrogen-bond acceptors (Lipinski definition) is 7. The lowest BCUT2D eigenvalue weighted by Crippen LogP contribution is -2.19. The number of aliphatic imine (C=N–C) groups is 1. The minimum absolute atomic E-state index is 0.0293. The summed E-state index contributed by atoms with van der Waals surface area (Å²) in [6, 6.07) is 17.7. The Morgan fingerprint density at radius 1 is 1.11 bits per heavy atom. The zero-order valence-corrected chi connectivity index (χ0v) is 22.5. The van der Waals surface area contributed by atoms with E-state index in [0.717, 1.165) is 25.9 Å². The lowest BCUT2D eigenvalue weighted by molar-refractivity contribution is -0.384. The highest BCUT2D eigenvalue weighted by molar-refractivity contribution is 14.1. The Balaban J connectivity index is 1.53. The smallest absolute Gasteiger partial charge is 0.269 e. The number of ether oxygens (including phenoxy) is 2. The summed E-state index contributed by atoms with van der Waals surface area (Å²) in [6.45, 7) is 4.55. The van der Waals surface area contributed by atoms with E-state index in [2.05, 4.69) is 32.9 Å². The quantitative estimate of drug-likeness (QED) is 0.137. The molecular weight excluding hydrogens is 593 g/mol. The third-order valence-corrected chi connectivity index (χ3v) is 6.79. The van der Waals surface area contributed by atoms with Gasteiger partial charge in [0, 0.05) is 12.1 Å². The maximum Gasteiger partial charge on any atom is 0.269 e. The van der Waals surface area contributed by atoms with Crippen molar-refractivity contribution in [2.45, 2.75) is 20.5 Å². The molecule has 1 N–H and O–H groups in total. The van der Waals surface area contributed by atoms with Gasteiger partial charge in [-0.05, 0) is 102 Å². The summed E-state index contributed by atoms with van der Waals surface area (Å²) in [5.74, 6) is 0.913. The number of nitrogens with one attached hydrogen (secondary N) is 1. The number of non-ortho nitro benzene ring substituents is 1. The second-order valence-corrected chi connectivity index (χ2v) is 9.99. The Labute approximate surface area is 226 Å². The Kier molecular flexibility index (Phi) is 8.26. The average Bonchev–Trinajstić information content (AvgIpc) is 3.18. The van der Waals surface area contributed by atoms with E-state index in [1.807, 2.05) is 50.2 Å². The Bertz CT molecular complexity index is 1360. The number of amides is 1. The summed E-state index contributed by atoms with van der Waals surface area (Å²) in [5.41, 5.74) is 3.53. The monoisotopic (exact) mass is 615 g/mol. The van der Waals surface area contributed by atoms with Crippen LogP contribution in [0.1, 0.15) is 23.6 Å². The summed E-state index contributed by atoms with van der Waals surface area (Å²) < 4.78 is 12.6. The number of hydrogen-bond donors (Lipinski definition) is 1. The first-order valence-corrected chi connectivity index (χ1v) is 12.9. The van der Waals surface area contributed by atoms with Gasteiger partial charge < -0.3 is 14.8 Å². The maximum absolute atomic E-state index is 12.5. The molecule has 1 aliphatic heterocycles. The summed E-state index contributed by atoms with van der Waals surface area (Å²) >= 11 is 3.45. The molecule has 0 radical (unpaired) electrons. The van der Waals surface area contributed by atoms with Crippen LogP contribution in [0.15, 0.2) is 70.6 Å². The van der Waals surface area contributed by atoms with Gasteiger partial charge in [0.15, 0.2) is 16.7 Å². The van der Waals surface area contributed by atoms with Crippen LogP contribution in [0.4, 0.5) is 11.4 Å². The topological polar surface area (TPSA) is 103 Å². The molecule has 3 aromatic rings. The van der Waals surface area contributed by atoms with Crippen molar-refractivity contribution in [3.05, 3.63) is 95.9 Å². The van der Waals surface area contributed by atoms with Crippen LogP contribution in [0.2, 0.25) is 0 Å². The molecule has 1 fully saturated rings. The fraction of sp³-hybridized carbons (Fsp3) is 0.154. The first-order chi connectivity index (χ1) is 17.3. The van der Waals surface area contributed by atoms with Crippen LogP contribution in [0.5, 0.6) is 11.5 Å². The lowest BCUT2D eigenvalue weighted by Gasteiger charge is -2.15. The number of amidine groups is 1. The van der Waals surface area contributed by atoms with E-state index < -0.39 is 4.92 Å². The molecule has 8 nitrogen and oxygen atoms in total. The SMILES string of the molecule is CCOc1cc(/C=C2\SC(=Nc3ccc(C)cc3)NC2=O)cc(I)c1OCc1ccc([N+](=O)[O-])cc1. The molecule has 36 heavy (non-hydrogen) atoms. The third-order valence-electron chi connectivity index (χ3n) is 5.08. The summed E-state index contributed by atoms with van der Waals surface area (Å²) in [6.07, 6.45) is 1.79. The van der Waals surface area contributed by atoms with Gasteiger partial charge in [0.25, 0.3) is 11.6 Å². The Morgan fingerprint density at radius 3 is 2.50 bits per heavy atom. The van der Waals surface area contributed by atoms with E-state index in [0.29, 0.717) is 28.2 Å². The molecule has 184 valence electrons. The Hall–Kier alpha value is -3.38. The first-order valence-electron chi connectivity index (χ1n) is 11.0. The van der Waals surface area contributed by atoms with Crippen LogP contribution >= 0.6 is 34.4 Å². The van der Waals surface area contributed by atoms with Crippen LogP contribution in [-0.2, 0) is 11.4 Å². The summed E-state index contributed by atoms with van der Waals surface area (Å²) in [7, 11) is 0. The molecule has 0 aliphatic carbocycles. The van der Waals surface area contributed by atoms with Gasteiger partial charge in [-0.15, -0.1) is 0 Å². The van der Waals surface area contributed by atoms with E-state index in [1.165, 1.54) is 23.9 Å². The van der Waals surface area contributed by atoms with Crippen molar-refractivity contribution in [3.8, 4) is 11.5 Å². The number of benzene rings is 3. The molecule has 0 bridgehead atoms. The van der Waals surface area contributed by atoms with Gasteiger partial charge in [-0.25, -0.2) is 4.99 Å². The van der Waals surface area contributed by atoms with Gasteiger partial charge in [0.05, 0.1) is 25.7 Å². The van der Waals surface area contributed by atoms with E-state index >= 15 is 0 Å². The van der Waals surface area contributed by atoms with Gasteiger partial charge in [-0.1, -0.05) is 17.7 Å². The molecule has 0 unspecified atom stereocenters. The van der Waals surface area contributed by atoms with Crippen molar-refractivity contribution >= 4 is 62.9 Å². The van der Waals surface area contributed by atoms with Crippen molar-refractivity contribution in [3.63, 3.8) is 0 Å². The highest BCUT2D eigenvalue weighted by Gasteiger charge is 2.24.